The van der Waals surface area contributed by atoms with Gasteiger partial charge < -0.3 is 14.6 Å². The van der Waals surface area contributed by atoms with E-state index in [1.54, 1.807) is 37.3 Å². The summed E-state index contributed by atoms with van der Waals surface area (Å²) in [6.45, 7) is 1.73. The largest absolute Gasteiger partial charge is 0.457 e. The van der Waals surface area contributed by atoms with E-state index in [1.165, 1.54) is 0 Å². The molecular weight excluding hydrogens is 360 g/mol. The molecule has 0 saturated carbocycles. The molecule has 6 heteroatoms. The fourth-order valence-electron chi connectivity index (χ4n) is 1.91. The molecule has 3 rings (SSSR count). The van der Waals surface area contributed by atoms with Gasteiger partial charge in [-0.2, -0.15) is 0 Å². The zero-order chi connectivity index (χ0) is 16.2. The van der Waals surface area contributed by atoms with Crippen LogP contribution < -0.4 is 10.1 Å². The van der Waals surface area contributed by atoms with Crippen LogP contribution in [0.5, 0.6) is 11.5 Å². The van der Waals surface area contributed by atoms with Gasteiger partial charge in [-0.25, -0.2) is 0 Å². The molecule has 23 heavy (non-hydrogen) atoms. The molecule has 0 unspecified atom stereocenters. The topological polar surface area (TPSA) is 64.4 Å². The first-order valence-electron chi connectivity index (χ1n) is 6.88. The molecule has 3 aromatic rings. The smallest absolute Gasteiger partial charge is 0.277 e. The third-order valence-corrected chi connectivity index (χ3v) is 3.55. The number of rotatable bonds is 4. The number of nitrogens with zero attached hydrogens (tertiary/aromatic N) is 1. The van der Waals surface area contributed by atoms with Gasteiger partial charge in [0.05, 0.1) is 0 Å². The van der Waals surface area contributed by atoms with Crippen LogP contribution in [0.2, 0.25) is 0 Å². The molecule has 1 heterocycles. The molecule has 0 aliphatic carbocycles. The van der Waals surface area contributed by atoms with Crippen LogP contribution in [0.3, 0.4) is 0 Å². The second kappa shape index (κ2) is 6.66. The third-order valence-electron chi connectivity index (χ3n) is 3.02. The maximum absolute atomic E-state index is 12.0. The van der Waals surface area contributed by atoms with Crippen LogP contribution in [0.4, 0.5) is 5.69 Å². The zero-order valence-corrected chi connectivity index (χ0v) is 13.8. The summed E-state index contributed by atoms with van der Waals surface area (Å²) in [6.07, 6.45) is 0. The van der Waals surface area contributed by atoms with Crippen molar-refractivity contribution in [1.82, 2.24) is 5.16 Å². The molecule has 1 N–H and O–H groups in total. The minimum Gasteiger partial charge on any atom is -0.457 e. The Balaban J connectivity index is 1.65. The summed E-state index contributed by atoms with van der Waals surface area (Å²) >= 11 is 3.38. The molecule has 0 aliphatic rings. The number of aromatic nitrogens is 1. The van der Waals surface area contributed by atoms with Crippen LogP contribution in [-0.2, 0) is 0 Å². The Hall–Kier alpha value is -2.60. The summed E-state index contributed by atoms with van der Waals surface area (Å²) in [7, 11) is 0. The normalized spacial score (nSPS) is 10.3. The summed E-state index contributed by atoms with van der Waals surface area (Å²) < 4.78 is 11.6. The molecule has 0 saturated heterocycles. The molecule has 0 radical (unpaired) electrons. The van der Waals surface area contributed by atoms with Gasteiger partial charge in [-0.05, 0) is 55.5 Å². The Morgan fingerprint density at radius 1 is 1.09 bits per heavy atom. The Morgan fingerprint density at radius 3 is 2.26 bits per heavy atom. The van der Waals surface area contributed by atoms with Crippen LogP contribution in [-0.4, -0.2) is 11.1 Å². The van der Waals surface area contributed by atoms with E-state index in [9.17, 15) is 4.79 Å². The summed E-state index contributed by atoms with van der Waals surface area (Å²) in [5, 5.41) is 6.42. The maximum atomic E-state index is 12.0. The Morgan fingerprint density at radius 2 is 1.70 bits per heavy atom. The van der Waals surface area contributed by atoms with E-state index in [0.717, 1.165) is 10.2 Å². The van der Waals surface area contributed by atoms with Crippen LogP contribution in [0.1, 0.15) is 16.2 Å². The number of aryl methyl sites for hydroxylation is 1. The van der Waals surface area contributed by atoms with Gasteiger partial charge in [0.25, 0.3) is 5.91 Å². The first-order chi connectivity index (χ1) is 11.1. The lowest BCUT2D eigenvalue weighted by Gasteiger charge is -2.07. The van der Waals surface area contributed by atoms with Crippen molar-refractivity contribution in [2.75, 3.05) is 5.32 Å². The van der Waals surface area contributed by atoms with Crippen molar-refractivity contribution in [2.45, 2.75) is 6.92 Å². The summed E-state index contributed by atoms with van der Waals surface area (Å²) in [4.78, 5) is 12.0. The molecule has 116 valence electrons. The van der Waals surface area contributed by atoms with Gasteiger partial charge in [0.15, 0.2) is 5.69 Å². The zero-order valence-electron chi connectivity index (χ0n) is 12.2. The first-order valence-corrected chi connectivity index (χ1v) is 7.67. The minimum absolute atomic E-state index is 0.248. The van der Waals surface area contributed by atoms with Crippen molar-refractivity contribution in [3.8, 4) is 11.5 Å². The lowest BCUT2D eigenvalue weighted by atomic mass is 10.3. The Kier molecular flexibility index (Phi) is 4.43. The number of benzene rings is 2. The van der Waals surface area contributed by atoms with Crippen molar-refractivity contribution in [2.24, 2.45) is 0 Å². The lowest BCUT2D eigenvalue weighted by Crippen LogP contribution is -2.11. The molecule has 0 spiro atoms. The molecule has 2 aromatic carbocycles. The second-order valence-electron chi connectivity index (χ2n) is 4.86. The molecule has 0 fully saturated rings. The number of anilines is 1. The van der Waals surface area contributed by atoms with E-state index >= 15 is 0 Å². The first kappa shape index (κ1) is 15.3. The number of ether oxygens (including phenoxy) is 1. The van der Waals surface area contributed by atoms with Crippen molar-refractivity contribution in [1.29, 1.82) is 0 Å². The predicted molar refractivity (Wildman–Crippen MR) is 89.9 cm³/mol. The predicted octanol–water partition coefficient (Wildman–Crippen LogP) is 4.79. The maximum Gasteiger partial charge on any atom is 0.277 e. The van der Waals surface area contributed by atoms with Crippen LogP contribution in [0.25, 0.3) is 0 Å². The molecule has 1 aromatic heterocycles. The number of carbonyl (C=O) groups is 1. The Bertz CT molecular complexity index is 811. The SMILES string of the molecule is Cc1cc(C(=O)Nc2ccc(Oc3ccc(Br)cc3)cc2)no1. The van der Waals surface area contributed by atoms with Crippen LogP contribution in [0.15, 0.2) is 63.6 Å². The van der Waals surface area contributed by atoms with Gasteiger partial charge in [0, 0.05) is 16.2 Å². The van der Waals surface area contributed by atoms with E-state index in [2.05, 4.69) is 26.4 Å². The number of carbonyl (C=O) groups excluding carboxylic acids is 1. The van der Waals surface area contributed by atoms with Crippen molar-refractivity contribution in [3.63, 3.8) is 0 Å². The molecule has 1 amide bonds. The number of hydrogen-bond acceptors (Lipinski definition) is 4. The van der Waals surface area contributed by atoms with Crippen LogP contribution >= 0.6 is 15.9 Å². The molecule has 5 nitrogen and oxygen atoms in total. The standard InChI is InChI=1S/C17H13BrN2O3/c1-11-10-16(20-23-11)17(21)19-13-4-8-15(9-5-13)22-14-6-2-12(18)3-7-14/h2-10H,1H3,(H,19,21). The van der Waals surface area contributed by atoms with Gasteiger partial charge in [-0.15, -0.1) is 0 Å². The summed E-state index contributed by atoms with van der Waals surface area (Å²) in [5.41, 5.74) is 0.900. The van der Waals surface area contributed by atoms with E-state index in [4.69, 9.17) is 9.26 Å². The highest BCUT2D eigenvalue weighted by atomic mass is 79.9. The van der Waals surface area contributed by atoms with E-state index in [0.29, 0.717) is 17.2 Å². The van der Waals surface area contributed by atoms with E-state index in [-0.39, 0.29) is 11.6 Å². The molecule has 0 aliphatic heterocycles. The number of halogens is 1. The van der Waals surface area contributed by atoms with E-state index in [1.807, 2.05) is 24.3 Å². The minimum atomic E-state index is -0.316. The summed E-state index contributed by atoms with van der Waals surface area (Å²) in [6, 6.07) is 16.2. The average Bonchev–Trinajstić information content (AvgIpc) is 2.98. The fraction of sp³-hybridized carbons (Fsp3) is 0.0588. The molecule has 0 bridgehead atoms. The second-order valence-corrected chi connectivity index (χ2v) is 5.77. The molecular formula is C17H13BrN2O3. The number of hydrogen-bond donors (Lipinski definition) is 1. The molecule has 0 atom stereocenters. The third kappa shape index (κ3) is 3.98. The van der Waals surface area contributed by atoms with E-state index < -0.39 is 0 Å². The highest BCUT2D eigenvalue weighted by molar-refractivity contribution is 9.10. The summed E-state index contributed by atoms with van der Waals surface area (Å²) in [5.74, 6) is 1.70. The van der Waals surface area contributed by atoms with Gasteiger partial charge in [-0.1, -0.05) is 21.1 Å². The van der Waals surface area contributed by atoms with Gasteiger partial charge in [0.1, 0.15) is 17.3 Å². The van der Waals surface area contributed by atoms with Crippen LogP contribution in [0, 0.1) is 6.92 Å². The quantitative estimate of drug-likeness (QED) is 0.714. The van der Waals surface area contributed by atoms with Gasteiger partial charge in [-0.3, -0.25) is 4.79 Å². The fourth-order valence-corrected chi connectivity index (χ4v) is 2.18. The van der Waals surface area contributed by atoms with Gasteiger partial charge in [0.2, 0.25) is 0 Å². The van der Waals surface area contributed by atoms with Crippen molar-refractivity contribution < 1.29 is 14.1 Å². The van der Waals surface area contributed by atoms with Crippen molar-refractivity contribution in [3.05, 3.63) is 70.5 Å². The lowest BCUT2D eigenvalue weighted by molar-refractivity contribution is 0.101. The van der Waals surface area contributed by atoms with Gasteiger partial charge >= 0.3 is 0 Å². The van der Waals surface area contributed by atoms with Crippen molar-refractivity contribution >= 4 is 27.5 Å². The Labute approximate surface area is 141 Å². The monoisotopic (exact) mass is 372 g/mol. The number of nitrogens with one attached hydrogen (secondary N) is 1. The average molecular weight is 373 g/mol. The highest BCUT2D eigenvalue weighted by Gasteiger charge is 2.11. The number of amides is 1. The highest BCUT2D eigenvalue weighted by Crippen LogP contribution is 2.24.